The van der Waals surface area contributed by atoms with Crippen molar-refractivity contribution in [1.29, 1.82) is 0 Å². The summed E-state index contributed by atoms with van der Waals surface area (Å²) in [5.74, 6) is -0.782. The molecule has 0 aliphatic carbocycles. The number of amides is 1. The molecule has 270 valence electrons. The highest BCUT2D eigenvalue weighted by Crippen LogP contribution is 2.43. The summed E-state index contributed by atoms with van der Waals surface area (Å²) >= 11 is 0. The monoisotopic (exact) mass is 727 g/mol. The summed E-state index contributed by atoms with van der Waals surface area (Å²) in [5.41, 5.74) is -0.419. The number of hydrogen-bond acceptors (Lipinski definition) is 9. The maximum atomic E-state index is 13.6. The van der Waals surface area contributed by atoms with E-state index in [4.69, 9.17) is 13.9 Å². The quantitative estimate of drug-likeness (QED) is 0.138. The van der Waals surface area contributed by atoms with Crippen LogP contribution in [0.2, 0.25) is 5.04 Å². The number of imidazole rings is 1. The molecule has 1 saturated heterocycles. The van der Waals surface area contributed by atoms with Crippen LogP contribution in [-0.4, -0.2) is 69.2 Å². The second-order valence-corrected chi connectivity index (χ2v) is 18.6. The highest BCUT2D eigenvalue weighted by Gasteiger charge is 2.58. The van der Waals surface area contributed by atoms with Crippen molar-refractivity contribution in [3.05, 3.63) is 145 Å². The van der Waals surface area contributed by atoms with Crippen molar-refractivity contribution in [2.75, 3.05) is 11.9 Å². The van der Waals surface area contributed by atoms with Gasteiger partial charge in [0.1, 0.15) is 18.0 Å². The molecule has 1 amide bonds. The summed E-state index contributed by atoms with van der Waals surface area (Å²) < 4.78 is 21.6. The van der Waals surface area contributed by atoms with E-state index in [1.807, 2.05) is 48.5 Å². The Kier molecular flexibility index (Phi) is 9.79. The van der Waals surface area contributed by atoms with E-state index in [1.165, 1.54) is 12.7 Å². The number of aliphatic hydroxyl groups is 1. The molecule has 12 heteroatoms. The fraction of sp³-hybridized carbons (Fsp3) is 0.244. The molecule has 0 saturated carbocycles. The second-order valence-electron chi connectivity index (χ2n) is 14.3. The van der Waals surface area contributed by atoms with Gasteiger partial charge in [-0.05, 0) is 46.6 Å². The Hall–Kier alpha value is -5.53. The van der Waals surface area contributed by atoms with Crippen LogP contribution in [0.15, 0.2) is 134 Å². The first kappa shape index (κ1) is 35.9. The van der Waals surface area contributed by atoms with Gasteiger partial charge < -0.3 is 24.3 Å². The van der Waals surface area contributed by atoms with Crippen LogP contribution < -0.4 is 15.7 Å². The maximum Gasteiger partial charge on any atom is 0.338 e. The van der Waals surface area contributed by atoms with Gasteiger partial charge in [-0.1, -0.05) is 118 Å². The molecule has 0 radical (unpaired) electrons. The van der Waals surface area contributed by atoms with Crippen LogP contribution in [-0.2, 0) is 13.9 Å². The molecule has 7 rings (SSSR count). The van der Waals surface area contributed by atoms with E-state index < -0.39 is 38.3 Å². The summed E-state index contributed by atoms with van der Waals surface area (Å²) in [5, 5.41) is 17.0. The standard InChI is InChI=1S/C41H41N5O6Si/c1-40(2,3)53(30-21-13-7-14-22-30,31-23-15-8-16-24-31)50-25-32-34(52-38(48)29-19-11-6-12-20-29)41(4,49)39(51-32)46-27-44-33-35(42-26-43-36(33)46)45-37(47)28-17-9-5-10-18-28/h5-24,26-27,32,34,39,49H,25H2,1-4H3,(H,42,43,45,47)/t32-,34?,39-,41?/m1/s1. The van der Waals surface area contributed by atoms with E-state index in [0.29, 0.717) is 22.3 Å². The lowest BCUT2D eigenvalue weighted by Crippen LogP contribution is -2.67. The molecule has 0 spiro atoms. The third kappa shape index (κ3) is 6.77. The zero-order valence-electron chi connectivity index (χ0n) is 29.9. The largest absolute Gasteiger partial charge is 0.453 e. The van der Waals surface area contributed by atoms with Crippen LogP contribution >= 0.6 is 0 Å². The molecular weight excluding hydrogens is 687 g/mol. The molecular formula is C41H41N5O6Si. The van der Waals surface area contributed by atoms with Crippen molar-refractivity contribution >= 4 is 47.5 Å². The van der Waals surface area contributed by atoms with Crippen LogP contribution in [0.4, 0.5) is 5.82 Å². The Balaban J connectivity index is 1.27. The Morgan fingerprint density at radius 1 is 0.830 bits per heavy atom. The first-order valence-corrected chi connectivity index (χ1v) is 19.3. The molecule has 3 heterocycles. The molecule has 53 heavy (non-hydrogen) atoms. The predicted molar refractivity (Wildman–Crippen MR) is 203 cm³/mol. The minimum atomic E-state index is -3.06. The molecule has 11 nitrogen and oxygen atoms in total. The highest BCUT2D eigenvalue weighted by molar-refractivity contribution is 6.99. The SMILES string of the molecule is CC1(O)C(OC(=O)c2ccccc2)[C@@H](CO[Si](c2ccccc2)(c2ccccc2)C(C)(C)C)O[C@H]1n1cnc2c(NC(=O)c3ccccc3)ncnc21. The molecule has 0 bridgehead atoms. The molecule has 4 aromatic carbocycles. The number of carbonyl (C=O) groups excluding carboxylic acids is 2. The van der Waals surface area contributed by atoms with E-state index in [1.54, 1.807) is 60.0 Å². The second kappa shape index (κ2) is 14.5. The van der Waals surface area contributed by atoms with E-state index in [-0.39, 0.29) is 23.4 Å². The van der Waals surface area contributed by atoms with Crippen molar-refractivity contribution in [1.82, 2.24) is 19.5 Å². The van der Waals surface area contributed by atoms with Crippen LogP contribution in [0.3, 0.4) is 0 Å². The Labute approximate surface area is 308 Å². The predicted octanol–water partition coefficient (Wildman–Crippen LogP) is 5.53. The third-order valence-electron chi connectivity index (χ3n) is 9.72. The summed E-state index contributed by atoms with van der Waals surface area (Å²) in [6.45, 7) is 8.07. The number of fused-ring (bicyclic) bond motifs is 1. The third-order valence-corrected chi connectivity index (χ3v) is 14.7. The van der Waals surface area contributed by atoms with E-state index in [0.717, 1.165) is 10.4 Å². The minimum absolute atomic E-state index is 0.00728. The first-order valence-electron chi connectivity index (χ1n) is 17.4. The van der Waals surface area contributed by atoms with Crippen molar-refractivity contribution in [3.63, 3.8) is 0 Å². The molecule has 6 aromatic rings. The van der Waals surface area contributed by atoms with Gasteiger partial charge in [-0.25, -0.2) is 19.7 Å². The number of hydrogen-bond donors (Lipinski definition) is 2. The lowest BCUT2D eigenvalue weighted by Gasteiger charge is -2.43. The average Bonchev–Trinajstić information content (AvgIpc) is 3.70. The minimum Gasteiger partial charge on any atom is -0.453 e. The molecule has 1 aliphatic rings. The van der Waals surface area contributed by atoms with Crippen LogP contribution in [0.25, 0.3) is 11.2 Å². The molecule has 2 N–H and O–H groups in total. The van der Waals surface area contributed by atoms with E-state index in [9.17, 15) is 14.7 Å². The van der Waals surface area contributed by atoms with Gasteiger partial charge in [-0.3, -0.25) is 9.36 Å². The van der Waals surface area contributed by atoms with Crippen LogP contribution in [0.5, 0.6) is 0 Å². The van der Waals surface area contributed by atoms with Gasteiger partial charge in [0.25, 0.3) is 14.2 Å². The van der Waals surface area contributed by atoms with Gasteiger partial charge in [0.15, 0.2) is 29.3 Å². The van der Waals surface area contributed by atoms with Gasteiger partial charge >= 0.3 is 5.97 Å². The van der Waals surface area contributed by atoms with E-state index >= 15 is 0 Å². The van der Waals surface area contributed by atoms with Gasteiger partial charge in [0.05, 0.1) is 18.5 Å². The highest BCUT2D eigenvalue weighted by atomic mass is 28.4. The Morgan fingerprint density at radius 3 is 1.94 bits per heavy atom. The van der Waals surface area contributed by atoms with Crippen molar-refractivity contribution in [2.45, 2.75) is 56.8 Å². The summed E-state index contributed by atoms with van der Waals surface area (Å²) in [6.07, 6.45) is -0.434. The zero-order valence-corrected chi connectivity index (χ0v) is 30.9. The Bertz CT molecular complexity index is 2150. The normalized spacial score (nSPS) is 20.3. The Morgan fingerprint density at radius 2 is 1.38 bits per heavy atom. The number of carbonyl (C=O) groups is 2. The number of anilines is 1. The van der Waals surface area contributed by atoms with E-state index in [2.05, 4.69) is 65.3 Å². The van der Waals surface area contributed by atoms with Crippen molar-refractivity contribution in [3.8, 4) is 0 Å². The number of ether oxygens (including phenoxy) is 2. The van der Waals surface area contributed by atoms with Crippen molar-refractivity contribution in [2.24, 2.45) is 0 Å². The fourth-order valence-corrected chi connectivity index (χ4v) is 11.7. The van der Waals surface area contributed by atoms with Gasteiger partial charge in [-0.2, -0.15) is 0 Å². The topological polar surface area (TPSA) is 138 Å². The maximum absolute atomic E-state index is 13.6. The number of rotatable bonds is 10. The molecule has 2 aromatic heterocycles. The lowest BCUT2D eigenvalue weighted by atomic mass is 9.96. The van der Waals surface area contributed by atoms with Crippen molar-refractivity contribution < 1.29 is 28.6 Å². The number of benzene rings is 4. The van der Waals surface area contributed by atoms with Gasteiger partial charge in [0, 0.05) is 5.56 Å². The van der Waals surface area contributed by atoms with Crippen LogP contribution in [0.1, 0.15) is 54.6 Å². The number of nitrogens with zero attached hydrogens (tertiary/aromatic N) is 4. The molecule has 1 aliphatic heterocycles. The summed E-state index contributed by atoms with van der Waals surface area (Å²) in [6, 6.07) is 37.8. The first-order chi connectivity index (χ1) is 25.5. The summed E-state index contributed by atoms with van der Waals surface area (Å²) in [4.78, 5) is 39.9. The molecule has 2 unspecified atom stereocenters. The summed E-state index contributed by atoms with van der Waals surface area (Å²) in [7, 11) is -3.06. The number of aromatic nitrogens is 4. The number of nitrogens with one attached hydrogen (secondary N) is 1. The number of esters is 1. The van der Waals surface area contributed by atoms with Crippen LogP contribution in [0, 0.1) is 0 Å². The lowest BCUT2D eigenvalue weighted by molar-refractivity contribution is -0.0976. The fourth-order valence-electron chi connectivity index (χ4n) is 7.17. The zero-order chi connectivity index (χ0) is 37.2. The van der Waals surface area contributed by atoms with Gasteiger partial charge in [-0.15, -0.1) is 0 Å². The smallest absolute Gasteiger partial charge is 0.338 e. The molecule has 1 fully saturated rings. The van der Waals surface area contributed by atoms with Gasteiger partial charge in [0.2, 0.25) is 0 Å². The average molecular weight is 728 g/mol. The molecule has 4 atom stereocenters.